The average molecular weight is 418 g/mol. The third-order valence-electron chi connectivity index (χ3n) is 3.89. The number of rotatable bonds is 6. The van der Waals surface area contributed by atoms with Gasteiger partial charge in [-0.3, -0.25) is 0 Å². The van der Waals surface area contributed by atoms with Crippen LogP contribution < -0.4 is 10.1 Å². The van der Waals surface area contributed by atoms with Crippen molar-refractivity contribution in [2.24, 2.45) is 0 Å². The molecule has 3 rings (SSSR count). The van der Waals surface area contributed by atoms with Crippen LogP contribution in [-0.4, -0.2) is 29.3 Å². The maximum Gasteiger partial charge on any atom is 0.177 e. The zero-order valence-electron chi connectivity index (χ0n) is 15.3. The van der Waals surface area contributed by atoms with E-state index in [0.29, 0.717) is 22.9 Å². The summed E-state index contributed by atoms with van der Waals surface area (Å²) in [5, 5.41) is 3.02. The summed E-state index contributed by atoms with van der Waals surface area (Å²) in [5.74, 6) is 1.34. The SMILES string of the molecule is CS(=O)(=O)c1ccc(Nc2ccc(Oc3ccccc3)cc2)c(S(C)(=O)=O)c1. The van der Waals surface area contributed by atoms with Crippen LogP contribution in [0, 0.1) is 0 Å². The van der Waals surface area contributed by atoms with Crippen molar-refractivity contribution in [2.45, 2.75) is 9.79 Å². The Morgan fingerprint density at radius 1 is 0.714 bits per heavy atom. The molecule has 3 aromatic carbocycles. The van der Waals surface area contributed by atoms with Gasteiger partial charge in [0.15, 0.2) is 19.7 Å². The number of hydrogen-bond donors (Lipinski definition) is 1. The van der Waals surface area contributed by atoms with Crippen LogP contribution in [0.2, 0.25) is 0 Å². The van der Waals surface area contributed by atoms with E-state index >= 15 is 0 Å². The van der Waals surface area contributed by atoms with Crippen molar-refractivity contribution in [1.82, 2.24) is 0 Å². The Morgan fingerprint density at radius 3 is 1.89 bits per heavy atom. The predicted molar refractivity (Wildman–Crippen MR) is 109 cm³/mol. The summed E-state index contributed by atoms with van der Waals surface area (Å²) < 4.78 is 53.5. The van der Waals surface area contributed by atoms with E-state index in [9.17, 15) is 16.8 Å². The van der Waals surface area contributed by atoms with Gasteiger partial charge in [-0.15, -0.1) is 0 Å². The molecule has 0 aromatic heterocycles. The zero-order chi connectivity index (χ0) is 20.4. The molecular formula is C20H19NO5S2. The third kappa shape index (κ3) is 4.90. The van der Waals surface area contributed by atoms with E-state index in [1.54, 1.807) is 24.3 Å². The molecule has 0 saturated carbocycles. The Labute approximate surface area is 164 Å². The molecule has 0 bridgehead atoms. The normalized spacial score (nSPS) is 11.8. The highest BCUT2D eigenvalue weighted by Gasteiger charge is 2.18. The Bertz CT molecular complexity index is 1190. The van der Waals surface area contributed by atoms with Crippen LogP contribution >= 0.6 is 0 Å². The van der Waals surface area contributed by atoms with Gasteiger partial charge in [-0.1, -0.05) is 18.2 Å². The lowest BCUT2D eigenvalue weighted by molar-refractivity contribution is 0.483. The lowest BCUT2D eigenvalue weighted by Gasteiger charge is -2.13. The molecule has 0 atom stereocenters. The molecule has 0 aliphatic carbocycles. The molecule has 0 fully saturated rings. The number of ether oxygens (including phenoxy) is 1. The van der Waals surface area contributed by atoms with Gasteiger partial charge in [-0.2, -0.15) is 0 Å². The van der Waals surface area contributed by atoms with E-state index in [4.69, 9.17) is 4.74 Å². The van der Waals surface area contributed by atoms with Crippen LogP contribution in [0.15, 0.2) is 82.6 Å². The van der Waals surface area contributed by atoms with Crippen LogP contribution in [-0.2, 0) is 19.7 Å². The summed E-state index contributed by atoms with van der Waals surface area (Å²) in [4.78, 5) is -0.134. The van der Waals surface area contributed by atoms with E-state index in [2.05, 4.69) is 5.32 Å². The van der Waals surface area contributed by atoms with Gasteiger partial charge in [-0.25, -0.2) is 16.8 Å². The Hall–Kier alpha value is -2.84. The maximum atomic E-state index is 12.1. The molecule has 28 heavy (non-hydrogen) atoms. The molecule has 0 aliphatic heterocycles. The number of anilines is 2. The highest BCUT2D eigenvalue weighted by molar-refractivity contribution is 7.91. The predicted octanol–water partition coefficient (Wildman–Crippen LogP) is 4.03. The van der Waals surface area contributed by atoms with E-state index in [-0.39, 0.29) is 9.79 Å². The first-order valence-electron chi connectivity index (χ1n) is 8.27. The molecule has 0 radical (unpaired) electrons. The number of nitrogens with one attached hydrogen (secondary N) is 1. The minimum absolute atomic E-state index is 0.0508. The summed E-state index contributed by atoms with van der Waals surface area (Å²) in [6, 6.07) is 20.3. The monoisotopic (exact) mass is 417 g/mol. The molecule has 6 nitrogen and oxygen atoms in total. The highest BCUT2D eigenvalue weighted by atomic mass is 32.2. The van der Waals surface area contributed by atoms with Gasteiger partial charge in [0, 0.05) is 18.2 Å². The van der Waals surface area contributed by atoms with Gasteiger partial charge in [-0.05, 0) is 54.6 Å². The van der Waals surface area contributed by atoms with Gasteiger partial charge in [0.25, 0.3) is 0 Å². The van der Waals surface area contributed by atoms with Crippen molar-refractivity contribution in [3.8, 4) is 11.5 Å². The largest absolute Gasteiger partial charge is 0.457 e. The first kappa shape index (κ1) is 19.9. The number of hydrogen-bond acceptors (Lipinski definition) is 6. The number of sulfone groups is 2. The topological polar surface area (TPSA) is 89.5 Å². The molecule has 3 aromatic rings. The first-order chi connectivity index (χ1) is 13.1. The summed E-state index contributed by atoms with van der Waals surface area (Å²) >= 11 is 0. The molecule has 8 heteroatoms. The Balaban J connectivity index is 1.87. The standard InChI is InChI=1S/C20H19NO5S2/c1-27(22,23)18-12-13-19(20(14-18)28(2,24)25)21-15-8-10-17(11-9-15)26-16-6-4-3-5-7-16/h3-14,21H,1-2H3. The van der Waals surface area contributed by atoms with Crippen molar-refractivity contribution in [1.29, 1.82) is 0 Å². The van der Waals surface area contributed by atoms with Crippen molar-refractivity contribution >= 4 is 31.0 Å². The van der Waals surface area contributed by atoms with Gasteiger partial charge in [0.2, 0.25) is 0 Å². The fourth-order valence-corrected chi connectivity index (χ4v) is 4.11. The maximum absolute atomic E-state index is 12.1. The second kappa shape index (κ2) is 7.65. The Kier molecular flexibility index (Phi) is 5.44. The van der Waals surface area contributed by atoms with E-state index in [1.807, 2.05) is 30.3 Å². The van der Waals surface area contributed by atoms with Crippen molar-refractivity contribution in [2.75, 3.05) is 17.8 Å². The number of benzene rings is 3. The van der Waals surface area contributed by atoms with Gasteiger partial charge < -0.3 is 10.1 Å². The van der Waals surface area contributed by atoms with Crippen molar-refractivity contribution in [3.05, 3.63) is 72.8 Å². The highest BCUT2D eigenvalue weighted by Crippen LogP contribution is 2.29. The molecule has 1 N–H and O–H groups in total. The second-order valence-electron chi connectivity index (χ2n) is 6.27. The van der Waals surface area contributed by atoms with Crippen LogP contribution in [0.1, 0.15) is 0 Å². The fraction of sp³-hybridized carbons (Fsp3) is 0.100. The van der Waals surface area contributed by atoms with Gasteiger partial charge in [0.1, 0.15) is 11.5 Å². The third-order valence-corrected chi connectivity index (χ3v) is 6.14. The average Bonchev–Trinajstić information content (AvgIpc) is 2.63. The Morgan fingerprint density at radius 2 is 1.32 bits per heavy atom. The molecule has 0 spiro atoms. The molecule has 146 valence electrons. The quantitative estimate of drug-likeness (QED) is 0.651. The molecular weight excluding hydrogens is 398 g/mol. The summed E-state index contributed by atoms with van der Waals surface area (Å²) in [6.45, 7) is 0. The number of para-hydroxylation sites is 1. The summed E-state index contributed by atoms with van der Waals surface area (Å²) in [6.07, 6.45) is 2.07. The smallest absolute Gasteiger partial charge is 0.177 e. The van der Waals surface area contributed by atoms with Crippen molar-refractivity contribution in [3.63, 3.8) is 0 Å². The molecule has 0 amide bonds. The summed E-state index contributed by atoms with van der Waals surface area (Å²) in [5.41, 5.74) is 0.934. The van der Waals surface area contributed by atoms with Crippen molar-refractivity contribution < 1.29 is 21.6 Å². The molecule has 0 unspecified atom stereocenters. The minimum atomic E-state index is -3.64. The zero-order valence-corrected chi connectivity index (χ0v) is 16.9. The second-order valence-corrected chi connectivity index (χ2v) is 10.3. The van der Waals surface area contributed by atoms with E-state index in [0.717, 1.165) is 12.5 Å². The van der Waals surface area contributed by atoms with E-state index in [1.165, 1.54) is 18.2 Å². The van der Waals surface area contributed by atoms with Crippen LogP contribution in [0.4, 0.5) is 11.4 Å². The summed E-state index contributed by atoms with van der Waals surface area (Å²) in [7, 11) is -7.16. The molecule has 0 aliphatic rings. The first-order valence-corrected chi connectivity index (χ1v) is 12.1. The van der Waals surface area contributed by atoms with Gasteiger partial charge in [0.05, 0.1) is 15.5 Å². The van der Waals surface area contributed by atoms with Crippen LogP contribution in [0.5, 0.6) is 11.5 Å². The lowest BCUT2D eigenvalue weighted by Crippen LogP contribution is -2.06. The lowest BCUT2D eigenvalue weighted by atomic mass is 10.2. The van der Waals surface area contributed by atoms with Gasteiger partial charge >= 0.3 is 0 Å². The van der Waals surface area contributed by atoms with Crippen LogP contribution in [0.25, 0.3) is 0 Å². The molecule has 0 saturated heterocycles. The van der Waals surface area contributed by atoms with E-state index < -0.39 is 19.7 Å². The fourth-order valence-electron chi connectivity index (χ4n) is 2.53. The van der Waals surface area contributed by atoms with Crippen LogP contribution in [0.3, 0.4) is 0 Å². The minimum Gasteiger partial charge on any atom is -0.457 e. The molecule has 0 heterocycles.